The zero-order chi connectivity index (χ0) is 12.8. The minimum absolute atomic E-state index is 0.168. The first-order valence-electron chi connectivity index (χ1n) is 5.16. The molecule has 18 heavy (non-hydrogen) atoms. The van der Waals surface area contributed by atoms with Crippen molar-refractivity contribution in [1.82, 2.24) is 15.4 Å². The van der Waals surface area contributed by atoms with E-state index in [9.17, 15) is 4.79 Å². The third-order valence-electron chi connectivity index (χ3n) is 2.02. The largest absolute Gasteiger partial charge is 0.375 e. The zero-order valence-corrected chi connectivity index (χ0v) is 10.2. The van der Waals surface area contributed by atoms with Gasteiger partial charge in [-0.15, -0.1) is 11.3 Å². The number of nitrogen functional groups attached to an aromatic ring is 1. The molecule has 0 spiro atoms. The predicted molar refractivity (Wildman–Crippen MR) is 70.2 cm³/mol. The molecule has 0 atom stereocenters. The van der Waals surface area contributed by atoms with Gasteiger partial charge in [0, 0.05) is 17.8 Å². The van der Waals surface area contributed by atoms with E-state index >= 15 is 0 Å². The van der Waals surface area contributed by atoms with Crippen LogP contribution in [0.1, 0.15) is 11.3 Å². The van der Waals surface area contributed by atoms with E-state index in [1.165, 1.54) is 11.3 Å². The van der Waals surface area contributed by atoms with Gasteiger partial charge in [0.15, 0.2) is 5.13 Å². The van der Waals surface area contributed by atoms with Gasteiger partial charge in [0.05, 0.1) is 18.3 Å². The van der Waals surface area contributed by atoms with Crippen LogP contribution in [0, 0.1) is 0 Å². The molecule has 0 aromatic carbocycles. The first kappa shape index (κ1) is 12.2. The summed E-state index contributed by atoms with van der Waals surface area (Å²) in [5, 5.41) is 6.04. The number of pyridine rings is 1. The highest BCUT2D eigenvalue weighted by molar-refractivity contribution is 7.13. The first-order chi connectivity index (χ1) is 8.74. The van der Waals surface area contributed by atoms with Crippen molar-refractivity contribution < 1.29 is 4.79 Å². The maximum absolute atomic E-state index is 11.5. The van der Waals surface area contributed by atoms with Crippen molar-refractivity contribution in [3.63, 3.8) is 0 Å². The van der Waals surface area contributed by atoms with Gasteiger partial charge < -0.3 is 5.73 Å². The maximum atomic E-state index is 11.5. The van der Waals surface area contributed by atoms with Gasteiger partial charge in [0.25, 0.3) is 0 Å². The van der Waals surface area contributed by atoms with Gasteiger partial charge >= 0.3 is 0 Å². The summed E-state index contributed by atoms with van der Waals surface area (Å²) in [7, 11) is 0. The van der Waals surface area contributed by atoms with Crippen molar-refractivity contribution in [3.05, 3.63) is 41.2 Å². The van der Waals surface area contributed by atoms with Crippen LogP contribution in [0.15, 0.2) is 35.0 Å². The van der Waals surface area contributed by atoms with Crippen molar-refractivity contribution in [2.45, 2.75) is 6.42 Å². The molecule has 0 aliphatic heterocycles. The fourth-order valence-corrected chi connectivity index (χ4v) is 1.80. The van der Waals surface area contributed by atoms with Crippen LogP contribution in [0.5, 0.6) is 0 Å². The first-order valence-corrected chi connectivity index (χ1v) is 6.04. The number of hydrogen-bond acceptors (Lipinski definition) is 6. The van der Waals surface area contributed by atoms with Crippen molar-refractivity contribution in [2.75, 3.05) is 5.73 Å². The number of carbonyl (C=O) groups is 1. The van der Waals surface area contributed by atoms with Crippen LogP contribution in [0.2, 0.25) is 0 Å². The molecule has 0 saturated carbocycles. The molecule has 2 aromatic rings. The predicted octanol–water partition coefficient (Wildman–Crippen LogP) is 0.813. The molecule has 7 heteroatoms. The van der Waals surface area contributed by atoms with E-state index in [1.807, 2.05) is 0 Å². The SMILES string of the molecule is Nc1nc(CC(=O)N/N=C\c2ccncc2)cs1. The average Bonchev–Trinajstić information content (AvgIpc) is 2.76. The molecule has 0 aliphatic carbocycles. The van der Waals surface area contributed by atoms with E-state index in [0.717, 1.165) is 5.56 Å². The molecule has 3 N–H and O–H groups in total. The third-order valence-corrected chi connectivity index (χ3v) is 2.74. The molecule has 0 unspecified atom stereocenters. The highest BCUT2D eigenvalue weighted by atomic mass is 32.1. The number of hydrazone groups is 1. The molecule has 92 valence electrons. The maximum Gasteiger partial charge on any atom is 0.246 e. The van der Waals surface area contributed by atoms with E-state index in [0.29, 0.717) is 10.8 Å². The lowest BCUT2D eigenvalue weighted by Crippen LogP contribution is -2.19. The molecule has 0 fully saturated rings. The Morgan fingerprint density at radius 2 is 2.28 bits per heavy atom. The molecule has 2 rings (SSSR count). The zero-order valence-electron chi connectivity index (χ0n) is 9.41. The van der Waals surface area contributed by atoms with E-state index in [2.05, 4.69) is 20.5 Å². The van der Waals surface area contributed by atoms with Gasteiger partial charge in [-0.3, -0.25) is 9.78 Å². The Kier molecular flexibility index (Phi) is 3.98. The number of nitrogens with two attached hydrogens (primary N) is 1. The number of rotatable bonds is 4. The lowest BCUT2D eigenvalue weighted by Gasteiger charge is -1.96. The Morgan fingerprint density at radius 1 is 1.50 bits per heavy atom. The van der Waals surface area contributed by atoms with Crippen LogP contribution >= 0.6 is 11.3 Å². The quantitative estimate of drug-likeness (QED) is 0.629. The van der Waals surface area contributed by atoms with Crippen molar-refractivity contribution in [2.24, 2.45) is 5.10 Å². The Labute approximate surface area is 108 Å². The number of nitrogens with zero attached hydrogens (tertiary/aromatic N) is 3. The summed E-state index contributed by atoms with van der Waals surface area (Å²) < 4.78 is 0. The molecule has 1 amide bonds. The second kappa shape index (κ2) is 5.87. The normalized spacial score (nSPS) is 10.7. The summed E-state index contributed by atoms with van der Waals surface area (Å²) in [4.78, 5) is 19.4. The van der Waals surface area contributed by atoms with Crippen LogP contribution in [0.3, 0.4) is 0 Å². The Balaban J connectivity index is 1.83. The molecule has 6 nitrogen and oxygen atoms in total. The minimum Gasteiger partial charge on any atom is -0.375 e. The summed E-state index contributed by atoms with van der Waals surface area (Å²) in [6, 6.07) is 3.58. The van der Waals surface area contributed by atoms with Crippen molar-refractivity contribution in [1.29, 1.82) is 0 Å². The molecular formula is C11H11N5OS. The number of thiazole rings is 1. The van der Waals surface area contributed by atoms with Crippen molar-refractivity contribution >= 4 is 28.6 Å². The molecule has 0 aliphatic rings. The van der Waals surface area contributed by atoms with E-state index in [1.54, 1.807) is 36.1 Å². The number of hydrogen-bond donors (Lipinski definition) is 2. The highest BCUT2D eigenvalue weighted by Gasteiger charge is 2.05. The number of carbonyl (C=O) groups excluding carboxylic acids is 1. The van der Waals surface area contributed by atoms with Crippen molar-refractivity contribution in [3.8, 4) is 0 Å². The van der Waals surface area contributed by atoms with Gasteiger partial charge in [0.1, 0.15) is 0 Å². The number of aromatic nitrogens is 2. The summed E-state index contributed by atoms with van der Waals surface area (Å²) in [6.07, 6.45) is 5.03. The number of amides is 1. The molecule has 0 bridgehead atoms. The lowest BCUT2D eigenvalue weighted by atomic mass is 10.3. The summed E-state index contributed by atoms with van der Waals surface area (Å²) in [5.41, 5.74) is 9.40. The van der Waals surface area contributed by atoms with Gasteiger partial charge in [-0.2, -0.15) is 5.10 Å². The second-order valence-corrected chi connectivity index (χ2v) is 4.32. The summed E-state index contributed by atoms with van der Waals surface area (Å²) in [5.74, 6) is -0.231. The van der Waals surface area contributed by atoms with Gasteiger partial charge in [0.2, 0.25) is 5.91 Å². The Bertz CT molecular complexity index is 552. The molecular weight excluding hydrogens is 250 g/mol. The molecule has 0 saturated heterocycles. The topological polar surface area (TPSA) is 93.3 Å². The smallest absolute Gasteiger partial charge is 0.246 e. The van der Waals surface area contributed by atoms with Crippen LogP contribution in [-0.4, -0.2) is 22.1 Å². The lowest BCUT2D eigenvalue weighted by molar-refractivity contribution is -0.120. The van der Waals surface area contributed by atoms with Gasteiger partial charge in [-0.05, 0) is 17.7 Å². The van der Waals surface area contributed by atoms with Gasteiger partial charge in [-0.25, -0.2) is 10.4 Å². The third kappa shape index (κ3) is 3.63. The van der Waals surface area contributed by atoms with E-state index in [4.69, 9.17) is 5.73 Å². The Morgan fingerprint density at radius 3 is 2.94 bits per heavy atom. The average molecular weight is 261 g/mol. The van der Waals surface area contributed by atoms with Crippen LogP contribution in [-0.2, 0) is 11.2 Å². The number of anilines is 1. The monoisotopic (exact) mass is 261 g/mol. The summed E-state index contributed by atoms with van der Waals surface area (Å²) >= 11 is 1.31. The van der Waals surface area contributed by atoms with E-state index < -0.39 is 0 Å². The van der Waals surface area contributed by atoms with Crippen LogP contribution in [0.4, 0.5) is 5.13 Å². The van der Waals surface area contributed by atoms with Gasteiger partial charge in [-0.1, -0.05) is 0 Å². The van der Waals surface area contributed by atoms with Crippen LogP contribution in [0.25, 0.3) is 0 Å². The molecule has 2 aromatic heterocycles. The standard InChI is InChI=1S/C11H11N5OS/c12-11-15-9(7-18-11)5-10(17)16-14-6-8-1-3-13-4-2-8/h1-4,6-7H,5H2,(H2,12,15)(H,16,17)/b14-6-. The minimum atomic E-state index is -0.231. The molecule has 2 heterocycles. The fraction of sp³-hybridized carbons (Fsp3) is 0.0909. The van der Waals surface area contributed by atoms with E-state index in [-0.39, 0.29) is 12.3 Å². The highest BCUT2D eigenvalue weighted by Crippen LogP contribution is 2.11. The molecule has 0 radical (unpaired) electrons. The fourth-order valence-electron chi connectivity index (χ4n) is 1.24. The van der Waals surface area contributed by atoms with Crippen LogP contribution < -0.4 is 11.2 Å². The second-order valence-electron chi connectivity index (χ2n) is 3.43. The summed E-state index contributed by atoms with van der Waals surface area (Å²) in [6.45, 7) is 0. The Hall–Kier alpha value is -2.28. The number of nitrogens with one attached hydrogen (secondary N) is 1.